The third kappa shape index (κ3) is 2.59. The molecule has 2 aliphatic heterocycles. The van der Waals surface area contributed by atoms with Gasteiger partial charge >= 0.3 is 0 Å². The molecular formula is C16H18F3NO. The van der Waals surface area contributed by atoms with Crippen LogP contribution in [0.25, 0.3) is 0 Å². The highest BCUT2D eigenvalue weighted by Gasteiger charge is 2.39. The summed E-state index contributed by atoms with van der Waals surface area (Å²) in [5.74, 6) is -4.61. The minimum Gasteiger partial charge on any atom is -0.300 e. The lowest BCUT2D eigenvalue weighted by Gasteiger charge is -2.46. The molecule has 0 N–H and O–H groups in total. The molecule has 1 aromatic carbocycles. The first-order valence-corrected chi connectivity index (χ1v) is 7.38. The average Bonchev–Trinajstić information content (AvgIpc) is 2.43. The van der Waals surface area contributed by atoms with Gasteiger partial charge in [-0.15, -0.1) is 0 Å². The summed E-state index contributed by atoms with van der Waals surface area (Å²) in [5.41, 5.74) is -0.0565. The van der Waals surface area contributed by atoms with E-state index in [-0.39, 0.29) is 17.3 Å². The number of fused-ring (bicyclic) bond motifs is 2. The van der Waals surface area contributed by atoms with Gasteiger partial charge in [-0.1, -0.05) is 6.42 Å². The summed E-state index contributed by atoms with van der Waals surface area (Å²) in [6, 6.07) is 2.35. The van der Waals surface area contributed by atoms with Gasteiger partial charge in [0.25, 0.3) is 0 Å². The van der Waals surface area contributed by atoms with Crippen LogP contribution in [0.4, 0.5) is 13.2 Å². The Bertz CT molecular complexity index is 538. The second-order valence-corrected chi connectivity index (χ2v) is 6.19. The van der Waals surface area contributed by atoms with Crippen LogP contribution >= 0.6 is 0 Å². The van der Waals surface area contributed by atoms with Crippen LogP contribution in [0.1, 0.15) is 42.5 Å². The van der Waals surface area contributed by atoms with Crippen molar-refractivity contribution in [3.63, 3.8) is 0 Å². The Morgan fingerprint density at radius 2 is 1.62 bits per heavy atom. The second kappa shape index (κ2) is 5.44. The molecular weight excluding hydrogens is 279 g/mol. The molecule has 2 nitrogen and oxygen atoms in total. The van der Waals surface area contributed by atoms with E-state index in [0.29, 0.717) is 24.9 Å². The number of ketones is 1. The quantitative estimate of drug-likeness (QED) is 0.614. The molecule has 3 rings (SSSR count). The summed E-state index contributed by atoms with van der Waals surface area (Å²) in [4.78, 5) is 14.8. The van der Waals surface area contributed by atoms with Gasteiger partial charge in [-0.05, 0) is 44.9 Å². The molecule has 21 heavy (non-hydrogen) atoms. The normalized spacial score (nSPS) is 29.4. The van der Waals surface area contributed by atoms with Gasteiger partial charge in [0.2, 0.25) is 0 Å². The number of carbonyl (C=O) groups is 1. The summed E-state index contributed by atoms with van der Waals surface area (Å²) >= 11 is 0. The van der Waals surface area contributed by atoms with E-state index in [0.717, 1.165) is 25.0 Å². The smallest absolute Gasteiger partial charge is 0.194 e. The van der Waals surface area contributed by atoms with E-state index in [2.05, 4.69) is 11.9 Å². The molecule has 2 fully saturated rings. The summed E-state index contributed by atoms with van der Waals surface area (Å²) in [5, 5.41) is 0. The van der Waals surface area contributed by atoms with Gasteiger partial charge in [0.15, 0.2) is 23.2 Å². The lowest BCUT2D eigenvalue weighted by atomic mass is 9.76. The minimum absolute atomic E-state index is 0.0565. The van der Waals surface area contributed by atoms with Crippen molar-refractivity contribution in [3.8, 4) is 0 Å². The van der Waals surface area contributed by atoms with Crippen molar-refractivity contribution in [3.05, 3.63) is 35.1 Å². The van der Waals surface area contributed by atoms with Crippen LogP contribution in [0, 0.1) is 23.4 Å². The molecule has 5 heteroatoms. The predicted octanol–water partition coefficient (Wildman–Crippen LogP) is 3.55. The number of halogens is 3. The molecule has 0 saturated carbocycles. The highest BCUT2D eigenvalue weighted by Crippen LogP contribution is 2.37. The first-order chi connectivity index (χ1) is 9.97. The maximum Gasteiger partial charge on any atom is 0.194 e. The summed E-state index contributed by atoms with van der Waals surface area (Å²) in [6.45, 7) is 0. The first kappa shape index (κ1) is 14.6. The number of carbonyl (C=O) groups excluding carboxylic acids is 1. The molecule has 2 bridgehead atoms. The van der Waals surface area contributed by atoms with Crippen LogP contribution in [0.3, 0.4) is 0 Å². The van der Waals surface area contributed by atoms with Gasteiger partial charge in [0, 0.05) is 23.6 Å². The SMILES string of the molecule is CN1C2CCCC1CC(C(=O)c1cc(F)c(F)c(F)c1)C2. The standard InChI is InChI=1S/C16H18F3NO/c1-20-11-3-2-4-12(20)6-9(5-11)16(21)10-7-13(17)15(19)14(18)8-10/h7-9,11-12H,2-6H2,1H3. The van der Waals surface area contributed by atoms with Gasteiger partial charge in [-0.25, -0.2) is 13.2 Å². The average molecular weight is 297 g/mol. The molecule has 0 aliphatic carbocycles. The Hall–Kier alpha value is -1.36. The first-order valence-electron chi connectivity index (χ1n) is 7.38. The van der Waals surface area contributed by atoms with Crippen LogP contribution in [-0.2, 0) is 0 Å². The highest BCUT2D eigenvalue weighted by atomic mass is 19.2. The molecule has 0 aromatic heterocycles. The molecule has 2 unspecified atom stereocenters. The number of Topliss-reactive ketones (excluding diaryl/α,β-unsaturated/α-hetero) is 1. The van der Waals surface area contributed by atoms with E-state index in [1.54, 1.807) is 0 Å². The predicted molar refractivity (Wildman–Crippen MR) is 72.6 cm³/mol. The molecule has 0 spiro atoms. The van der Waals surface area contributed by atoms with E-state index in [4.69, 9.17) is 0 Å². The van der Waals surface area contributed by atoms with Crippen LogP contribution < -0.4 is 0 Å². The molecule has 2 atom stereocenters. The molecule has 0 amide bonds. The summed E-state index contributed by atoms with van der Waals surface area (Å²) < 4.78 is 39.6. The zero-order valence-corrected chi connectivity index (χ0v) is 11.9. The lowest BCUT2D eigenvalue weighted by molar-refractivity contribution is 0.0338. The van der Waals surface area contributed by atoms with Crippen LogP contribution in [0.2, 0.25) is 0 Å². The zero-order valence-electron chi connectivity index (χ0n) is 11.9. The van der Waals surface area contributed by atoms with Crippen molar-refractivity contribution >= 4 is 5.78 Å². The molecule has 114 valence electrons. The number of rotatable bonds is 2. The minimum atomic E-state index is -1.52. The van der Waals surface area contributed by atoms with Crippen molar-refractivity contribution in [1.82, 2.24) is 4.90 Å². The number of hydrogen-bond donors (Lipinski definition) is 0. The molecule has 0 radical (unpaired) electrons. The second-order valence-electron chi connectivity index (χ2n) is 6.19. The third-order valence-electron chi connectivity index (χ3n) is 4.98. The van der Waals surface area contributed by atoms with Crippen LogP contribution in [-0.4, -0.2) is 29.8 Å². The zero-order chi connectivity index (χ0) is 15.1. The van der Waals surface area contributed by atoms with Gasteiger partial charge in [0.05, 0.1) is 0 Å². The summed E-state index contributed by atoms with van der Waals surface area (Å²) in [6.07, 6.45) is 4.71. The fourth-order valence-corrected chi connectivity index (χ4v) is 3.76. The molecule has 2 aliphatic rings. The van der Waals surface area contributed by atoms with E-state index in [1.165, 1.54) is 6.42 Å². The lowest BCUT2D eigenvalue weighted by Crippen LogP contribution is -2.51. The Labute approximate surface area is 121 Å². The Balaban J connectivity index is 1.83. The van der Waals surface area contributed by atoms with E-state index in [1.807, 2.05) is 0 Å². The number of benzene rings is 1. The van der Waals surface area contributed by atoms with E-state index >= 15 is 0 Å². The maximum atomic E-state index is 13.3. The third-order valence-corrected chi connectivity index (χ3v) is 4.98. The largest absolute Gasteiger partial charge is 0.300 e. The van der Waals surface area contributed by atoms with Crippen molar-refractivity contribution in [2.45, 2.75) is 44.2 Å². The Morgan fingerprint density at radius 1 is 1.10 bits per heavy atom. The maximum absolute atomic E-state index is 13.3. The van der Waals surface area contributed by atoms with Crippen molar-refractivity contribution < 1.29 is 18.0 Å². The van der Waals surface area contributed by atoms with Crippen molar-refractivity contribution in [2.24, 2.45) is 5.92 Å². The van der Waals surface area contributed by atoms with Gasteiger partial charge in [-0.2, -0.15) is 0 Å². The molecule has 2 heterocycles. The Kier molecular flexibility index (Phi) is 3.78. The number of piperidine rings is 2. The van der Waals surface area contributed by atoms with E-state index < -0.39 is 17.5 Å². The molecule has 1 aromatic rings. The Morgan fingerprint density at radius 3 is 2.14 bits per heavy atom. The number of nitrogens with zero attached hydrogens (tertiary/aromatic N) is 1. The van der Waals surface area contributed by atoms with Gasteiger partial charge < -0.3 is 4.90 Å². The summed E-state index contributed by atoms with van der Waals surface area (Å²) in [7, 11) is 2.08. The molecule has 2 saturated heterocycles. The van der Waals surface area contributed by atoms with Gasteiger partial charge in [0.1, 0.15) is 0 Å². The fraction of sp³-hybridized carbons (Fsp3) is 0.562. The van der Waals surface area contributed by atoms with E-state index in [9.17, 15) is 18.0 Å². The highest BCUT2D eigenvalue weighted by molar-refractivity contribution is 5.98. The fourth-order valence-electron chi connectivity index (χ4n) is 3.76. The van der Waals surface area contributed by atoms with Gasteiger partial charge in [-0.3, -0.25) is 4.79 Å². The van der Waals surface area contributed by atoms with Crippen molar-refractivity contribution in [2.75, 3.05) is 7.05 Å². The number of hydrogen-bond acceptors (Lipinski definition) is 2. The monoisotopic (exact) mass is 297 g/mol. The topological polar surface area (TPSA) is 20.3 Å². The van der Waals surface area contributed by atoms with Crippen LogP contribution in [0.5, 0.6) is 0 Å². The van der Waals surface area contributed by atoms with Crippen LogP contribution in [0.15, 0.2) is 12.1 Å². The van der Waals surface area contributed by atoms with Crippen molar-refractivity contribution in [1.29, 1.82) is 0 Å².